The van der Waals surface area contributed by atoms with Crippen molar-refractivity contribution in [3.8, 4) is 0 Å². The molecule has 0 amide bonds. The summed E-state index contributed by atoms with van der Waals surface area (Å²) in [6, 6.07) is 4.75. The van der Waals surface area contributed by atoms with Gasteiger partial charge in [-0.05, 0) is 35.0 Å². The van der Waals surface area contributed by atoms with Crippen LogP contribution in [-0.4, -0.2) is 10.2 Å². The van der Waals surface area contributed by atoms with Gasteiger partial charge in [0.25, 0.3) is 0 Å². The number of halogens is 1. The Kier molecular flexibility index (Phi) is 3.60. The molecule has 0 radical (unpaired) electrons. The summed E-state index contributed by atoms with van der Waals surface area (Å²) in [7, 11) is 0. The third-order valence-corrected chi connectivity index (χ3v) is 3.94. The molecule has 2 heterocycles. The van der Waals surface area contributed by atoms with Crippen LogP contribution in [0, 0.1) is 0 Å². The number of nitrogens with zero attached hydrogens (tertiary/aromatic N) is 2. The predicted molar refractivity (Wildman–Crippen MR) is 67.7 cm³/mol. The lowest BCUT2D eigenvalue weighted by Crippen LogP contribution is -2.04. The summed E-state index contributed by atoms with van der Waals surface area (Å²) in [5, 5.41) is 11.0. The highest BCUT2D eigenvalue weighted by atomic mass is 79.9. The molecule has 16 heavy (non-hydrogen) atoms. The maximum atomic E-state index is 5.39. The molecular formula is C10H12BrN3OS. The Morgan fingerprint density at radius 2 is 2.31 bits per heavy atom. The Labute approximate surface area is 106 Å². The van der Waals surface area contributed by atoms with Crippen molar-refractivity contribution in [1.82, 2.24) is 10.2 Å². The first-order valence-electron chi connectivity index (χ1n) is 5.03. The molecule has 2 rings (SSSR count). The average molecular weight is 302 g/mol. The number of anilines is 1. The molecule has 2 aromatic heterocycles. The van der Waals surface area contributed by atoms with Crippen molar-refractivity contribution in [2.75, 3.05) is 5.32 Å². The lowest BCUT2D eigenvalue weighted by atomic mass is 10.3. The standard InChI is InChI=1S/C10H12BrN3OS/c1-3-9-13-14-10(15-9)12-6(2)7-4-5-8(11)16-7/h4-6H,3H2,1-2H3,(H,12,14). The second kappa shape index (κ2) is 4.97. The van der Waals surface area contributed by atoms with Crippen LogP contribution < -0.4 is 5.32 Å². The first-order valence-corrected chi connectivity index (χ1v) is 6.64. The maximum Gasteiger partial charge on any atom is 0.315 e. The molecule has 1 N–H and O–H groups in total. The SMILES string of the molecule is CCc1nnc(NC(C)c2ccc(Br)s2)o1. The van der Waals surface area contributed by atoms with E-state index in [1.165, 1.54) is 4.88 Å². The molecule has 0 aliphatic carbocycles. The largest absolute Gasteiger partial charge is 0.408 e. The Balaban J connectivity index is 2.04. The van der Waals surface area contributed by atoms with Gasteiger partial charge in [0.15, 0.2) is 0 Å². The third-order valence-electron chi connectivity index (χ3n) is 2.13. The van der Waals surface area contributed by atoms with Crippen molar-refractivity contribution in [2.24, 2.45) is 0 Å². The predicted octanol–water partition coefficient (Wildman–Crippen LogP) is 3.63. The zero-order valence-electron chi connectivity index (χ0n) is 9.03. The lowest BCUT2D eigenvalue weighted by molar-refractivity contribution is 0.507. The summed E-state index contributed by atoms with van der Waals surface area (Å²) < 4.78 is 6.51. The topological polar surface area (TPSA) is 51.0 Å². The number of aryl methyl sites for hydroxylation is 1. The summed E-state index contributed by atoms with van der Waals surface area (Å²) in [6.45, 7) is 4.05. The Bertz CT molecular complexity index is 468. The smallest absolute Gasteiger partial charge is 0.315 e. The van der Waals surface area contributed by atoms with Gasteiger partial charge in [-0.2, -0.15) is 0 Å². The average Bonchev–Trinajstić information content (AvgIpc) is 2.87. The van der Waals surface area contributed by atoms with E-state index in [9.17, 15) is 0 Å². The van der Waals surface area contributed by atoms with E-state index in [0.717, 1.165) is 10.2 Å². The molecule has 0 saturated heterocycles. The van der Waals surface area contributed by atoms with E-state index in [1.807, 2.05) is 13.0 Å². The number of aromatic nitrogens is 2. The summed E-state index contributed by atoms with van der Waals surface area (Å²) >= 11 is 5.13. The summed E-state index contributed by atoms with van der Waals surface area (Å²) in [5.74, 6) is 0.655. The highest BCUT2D eigenvalue weighted by molar-refractivity contribution is 9.11. The molecule has 0 fully saturated rings. The molecule has 0 bridgehead atoms. The zero-order chi connectivity index (χ0) is 11.5. The fourth-order valence-corrected chi connectivity index (χ4v) is 2.70. The number of hydrogen-bond donors (Lipinski definition) is 1. The van der Waals surface area contributed by atoms with Gasteiger partial charge in [-0.15, -0.1) is 16.4 Å². The highest BCUT2D eigenvalue weighted by Gasteiger charge is 2.11. The van der Waals surface area contributed by atoms with Crippen LogP contribution in [0.25, 0.3) is 0 Å². The number of nitrogens with one attached hydrogen (secondary N) is 1. The monoisotopic (exact) mass is 301 g/mol. The van der Waals surface area contributed by atoms with Crippen molar-refractivity contribution in [3.05, 3.63) is 26.7 Å². The molecule has 0 spiro atoms. The van der Waals surface area contributed by atoms with E-state index in [1.54, 1.807) is 11.3 Å². The molecule has 6 heteroatoms. The van der Waals surface area contributed by atoms with Gasteiger partial charge in [-0.3, -0.25) is 0 Å². The van der Waals surface area contributed by atoms with Gasteiger partial charge >= 0.3 is 6.01 Å². The summed E-state index contributed by atoms with van der Waals surface area (Å²) in [6.07, 6.45) is 0.758. The number of thiophene rings is 1. The van der Waals surface area contributed by atoms with E-state index in [2.05, 4.69) is 44.4 Å². The van der Waals surface area contributed by atoms with E-state index >= 15 is 0 Å². The minimum atomic E-state index is 0.168. The maximum absolute atomic E-state index is 5.39. The van der Waals surface area contributed by atoms with Crippen LogP contribution in [0.4, 0.5) is 6.01 Å². The van der Waals surface area contributed by atoms with Gasteiger partial charge in [-0.25, -0.2) is 0 Å². The van der Waals surface area contributed by atoms with Crippen LogP contribution in [0.2, 0.25) is 0 Å². The Hall–Kier alpha value is -0.880. The zero-order valence-corrected chi connectivity index (χ0v) is 11.4. The quantitative estimate of drug-likeness (QED) is 0.937. The van der Waals surface area contributed by atoms with E-state index in [0.29, 0.717) is 11.9 Å². The van der Waals surface area contributed by atoms with E-state index in [-0.39, 0.29) is 6.04 Å². The van der Waals surface area contributed by atoms with Crippen molar-refractivity contribution in [3.63, 3.8) is 0 Å². The molecule has 4 nitrogen and oxygen atoms in total. The molecule has 1 atom stereocenters. The molecule has 0 aromatic carbocycles. The molecule has 0 saturated carbocycles. The fraction of sp³-hybridized carbons (Fsp3) is 0.400. The van der Waals surface area contributed by atoms with Crippen molar-refractivity contribution >= 4 is 33.3 Å². The van der Waals surface area contributed by atoms with Crippen LogP contribution in [-0.2, 0) is 6.42 Å². The number of rotatable bonds is 4. The molecule has 0 aliphatic rings. The van der Waals surface area contributed by atoms with Gasteiger partial charge < -0.3 is 9.73 Å². The first kappa shape index (κ1) is 11.6. The lowest BCUT2D eigenvalue weighted by Gasteiger charge is -2.08. The number of hydrogen-bond acceptors (Lipinski definition) is 5. The first-order chi connectivity index (χ1) is 7.69. The molecule has 0 aliphatic heterocycles. The van der Waals surface area contributed by atoms with Crippen LogP contribution in [0.5, 0.6) is 0 Å². The van der Waals surface area contributed by atoms with Crippen LogP contribution in [0.15, 0.2) is 20.3 Å². The normalized spacial score (nSPS) is 12.7. The van der Waals surface area contributed by atoms with Crippen LogP contribution in [0.1, 0.15) is 30.7 Å². The van der Waals surface area contributed by atoms with E-state index < -0.39 is 0 Å². The van der Waals surface area contributed by atoms with Crippen molar-refractivity contribution < 1.29 is 4.42 Å². The van der Waals surface area contributed by atoms with Gasteiger partial charge in [0, 0.05) is 11.3 Å². The van der Waals surface area contributed by atoms with Crippen LogP contribution >= 0.6 is 27.3 Å². The van der Waals surface area contributed by atoms with Gasteiger partial charge in [-0.1, -0.05) is 12.0 Å². The van der Waals surface area contributed by atoms with Crippen molar-refractivity contribution in [2.45, 2.75) is 26.3 Å². The Morgan fingerprint density at radius 1 is 1.50 bits per heavy atom. The summed E-state index contributed by atoms with van der Waals surface area (Å²) in [5.41, 5.74) is 0. The second-order valence-electron chi connectivity index (χ2n) is 3.36. The minimum absolute atomic E-state index is 0.168. The van der Waals surface area contributed by atoms with E-state index in [4.69, 9.17) is 4.42 Å². The van der Waals surface area contributed by atoms with Gasteiger partial charge in [0.1, 0.15) is 0 Å². The highest BCUT2D eigenvalue weighted by Crippen LogP contribution is 2.28. The molecule has 86 valence electrons. The van der Waals surface area contributed by atoms with Crippen LogP contribution in [0.3, 0.4) is 0 Å². The molecular weight excluding hydrogens is 290 g/mol. The minimum Gasteiger partial charge on any atom is -0.408 e. The van der Waals surface area contributed by atoms with Gasteiger partial charge in [0.05, 0.1) is 9.83 Å². The third kappa shape index (κ3) is 2.62. The van der Waals surface area contributed by atoms with Gasteiger partial charge in [0.2, 0.25) is 5.89 Å². The Morgan fingerprint density at radius 3 is 2.88 bits per heavy atom. The molecule has 2 aromatic rings. The van der Waals surface area contributed by atoms with Crippen molar-refractivity contribution in [1.29, 1.82) is 0 Å². The second-order valence-corrected chi connectivity index (χ2v) is 5.86. The fourth-order valence-electron chi connectivity index (χ4n) is 1.27. The molecule has 1 unspecified atom stereocenters. The summed E-state index contributed by atoms with van der Waals surface area (Å²) in [4.78, 5) is 1.23.